The van der Waals surface area contributed by atoms with Gasteiger partial charge in [0.25, 0.3) is 0 Å². The van der Waals surface area contributed by atoms with E-state index >= 15 is 0 Å². The van der Waals surface area contributed by atoms with Crippen LogP contribution in [0.3, 0.4) is 0 Å². The van der Waals surface area contributed by atoms with Crippen molar-refractivity contribution >= 4 is 11.5 Å². The van der Waals surface area contributed by atoms with Crippen molar-refractivity contribution in [3.8, 4) is 17.5 Å². The Balaban J connectivity index is 0.939. The summed E-state index contributed by atoms with van der Waals surface area (Å²) in [5.74, 6) is 1.17. The monoisotopic (exact) mass is 620 g/mol. The Hall–Kier alpha value is -5.00. The van der Waals surface area contributed by atoms with Crippen LogP contribution in [0.15, 0.2) is 90.6 Å². The molecule has 45 heavy (non-hydrogen) atoms. The maximum atomic E-state index is 12.7. The van der Waals surface area contributed by atoms with Crippen molar-refractivity contribution in [2.24, 2.45) is 0 Å². The van der Waals surface area contributed by atoms with E-state index in [1.54, 1.807) is 4.57 Å². The Morgan fingerprint density at radius 2 is 1.62 bits per heavy atom. The van der Waals surface area contributed by atoms with E-state index < -0.39 is 16.7 Å². The molecule has 3 aromatic carbocycles. The molecule has 3 heterocycles. The number of alkyl halides is 3. The van der Waals surface area contributed by atoms with Crippen molar-refractivity contribution in [2.45, 2.75) is 44.7 Å². The van der Waals surface area contributed by atoms with Gasteiger partial charge in [0, 0.05) is 36.7 Å². The van der Waals surface area contributed by atoms with Crippen molar-refractivity contribution in [3.63, 3.8) is 0 Å². The highest BCUT2D eigenvalue weighted by Gasteiger charge is 2.30. The smallest absolute Gasteiger partial charge is 0.416 e. The lowest BCUT2D eigenvalue weighted by atomic mass is 9.99. The topological polar surface area (TPSA) is 91.9 Å². The highest BCUT2D eigenvalue weighted by Crippen LogP contribution is 2.30. The Labute approximate surface area is 257 Å². The van der Waals surface area contributed by atoms with Crippen molar-refractivity contribution in [3.05, 3.63) is 117 Å². The van der Waals surface area contributed by atoms with E-state index in [0.29, 0.717) is 30.9 Å². The minimum absolute atomic E-state index is 0.196. The van der Waals surface area contributed by atoms with Crippen LogP contribution in [0.1, 0.15) is 29.5 Å². The first-order chi connectivity index (χ1) is 21.7. The number of hydrogen-bond donors (Lipinski definition) is 0. The van der Waals surface area contributed by atoms with Crippen LogP contribution in [0.2, 0.25) is 0 Å². The van der Waals surface area contributed by atoms with Gasteiger partial charge in [-0.05, 0) is 77.4 Å². The van der Waals surface area contributed by atoms with Crippen LogP contribution < -0.4 is 19.1 Å². The molecule has 0 amide bonds. The summed E-state index contributed by atoms with van der Waals surface area (Å²) >= 11 is 0. The molecule has 0 bridgehead atoms. The van der Waals surface area contributed by atoms with E-state index in [0.717, 1.165) is 49.5 Å². The summed E-state index contributed by atoms with van der Waals surface area (Å²) in [6.07, 6.45) is 1.52. The number of fused-ring (bicyclic) bond motifs is 1. The average Bonchev–Trinajstić information content (AvgIpc) is 3.48. The molecular formula is C33H31F3N4O5. The van der Waals surface area contributed by atoms with Crippen molar-refractivity contribution < 1.29 is 32.3 Å². The molecule has 0 unspecified atom stereocenters. The van der Waals surface area contributed by atoms with Crippen LogP contribution in [0, 0.1) is 10.1 Å². The molecule has 0 radical (unpaired) electrons. The lowest BCUT2D eigenvalue weighted by Gasteiger charge is -2.29. The van der Waals surface area contributed by atoms with Gasteiger partial charge in [-0.1, -0.05) is 35.9 Å². The van der Waals surface area contributed by atoms with E-state index in [-0.39, 0.29) is 24.5 Å². The molecule has 234 valence electrons. The van der Waals surface area contributed by atoms with Crippen molar-refractivity contribution in [1.82, 2.24) is 9.55 Å². The Kier molecular flexibility index (Phi) is 8.63. The van der Waals surface area contributed by atoms with Crippen LogP contribution >= 0.6 is 0 Å². The summed E-state index contributed by atoms with van der Waals surface area (Å²) in [7, 11) is 0. The summed E-state index contributed by atoms with van der Waals surface area (Å²) in [4.78, 5) is 16.6. The highest BCUT2D eigenvalue weighted by molar-refractivity contribution is 5.51. The van der Waals surface area contributed by atoms with Crippen molar-refractivity contribution in [1.29, 1.82) is 0 Å². The first-order valence-corrected chi connectivity index (χ1v) is 14.6. The number of anilines is 1. The molecule has 1 atom stereocenters. The number of hydrogen-bond acceptors (Lipinski definition) is 7. The second-order valence-corrected chi connectivity index (χ2v) is 11.0. The number of imidazole rings is 1. The third-order valence-electron chi connectivity index (χ3n) is 7.86. The predicted octanol–water partition coefficient (Wildman–Crippen LogP) is 7.00. The molecule has 0 saturated heterocycles. The molecule has 2 aliphatic rings. The minimum atomic E-state index is -4.35. The summed E-state index contributed by atoms with van der Waals surface area (Å²) < 4.78 is 57.3. The largest absolute Gasteiger partial charge is 0.490 e. The van der Waals surface area contributed by atoms with Gasteiger partial charge in [0.15, 0.2) is 0 Å². The number of aromatic nitrogens is 2. The molecule has 12 heteroatoms. The molecule has 2 aliphatic heterocycles. The summed E-state index contributed by atoms with van der Waals surface area (Å²) in [6.45, 7) is 2.81. The molecule has 0 fully saturated rings. The van der Waals surface area contributed by atoms with Gasteiger partial charge in [-0.2, -0.15) is 13.2 Å². The fraction of sp³-hybridized carbons (Fsp3) is 0.303. The van der Waals surface area contributed by atoms with Crippen LogP contribution in [-0.4, -0.2) is 40.3 Å². The summed E-state index contributed by atoms with van der Waals surface area (Å²) in [6, 6.07) is 21.0. The lowest BCUT2D eigenvalue weighted by Crippen LogP contribution is -2.31. The average molecular weight is 621 g/mol. The molecule has 4 aromatic rings. The molecule has 0 N–H and O–H groups in total. The van der Waals surface area contributed by atoms with Gasteiger partial charge in [-0.15, -0.1) is 0 Å². The van der Waals surface area contributed by atoms with Gasteiger partial charge < -0.3 is 29.2 Å². The summed E-state index contributed by atoms with van der Waals surface area (Å²) in [5.41, 5.74) is 3.64. The van der Waals surface area contributed by atoms with Crippen LogP contribution in [0.4, 0.5) is 24.7 Å². The van der Waals surface area contributed by atoms with Gasteiger partial charge in [0.2, 0.25) is 0 Å². The first-order valence-electron chi connectivity index (χ1n) is 14.6. The van der Waals surface area contributed by atoms with Gasteiger partial charge >= 0.3 is 18.0 Å². The number of nitrogens with zero attached hydrogens (tertiary/aromatic N) is 4. The predicted molar refractivity (Wildman–Crippen MR) is 161 cm³/mol. The number of rotatable bonds is 10. The second-order valence-electron chi connectivity index (χ2n) is 11.0. The van der Waals surface area contributed by atoms with Gasteiger partial charge in [-0.3, -0.25) is 4.57 Å². The van der Waals surface area contributed by atoms with Gasteiger partial charge in [-0.25, -0.2) is 0 Å². The molecule has 0 aliphatic carbocycles. The Morgan fingerprint density at radius 1 is 0.933 bits per heavy atom. The third-order valence-corrected chi connectivity index (χ3v) is 7.86. The molecule has 1 aromatic heterocycles. The fourth-order valence-electron chi connectivity index (χ4n) is 5.31. The standard InChI is InChI=1S/C33H31F3N4O5/c34-33(35,36)26-5-1-25(2-6-26)21-43-28-9-3-23(4-10-28)19-24-13-16-38(17-14-24)27-7-11-29(12-8-27)44-22-30-15-18-39-20-31(40(41)42)37-32(39)45-30/h1-13,20,30H,14-19,21-22H2/t30-/m1/s1. The van der Waals surface area contributed by atoms with Crippen LogP contribution in [0.25, 0.3) is 0 Å². The normalized spacial score (nSPS) is 16.4. The number of halogens is 3. The van der Waals surface area contributed by atoms with E-state index in [4.69, 9.17) is 14.2 Å². The Bertz CT molecular complexity index is 1650. The maximum absolute atomic E-state index is 12.7. The molecule has 9 nitrogen and oxygen atoms in total. The number of ether oxygens (including phenoxy) is 3. The quantitative estimate of drug-likeness (QED) is 0.107. The molecule has 0 spiro atoms. The Morgan fingerprint density at radius 3 is 2.29 bits per heavy atom. The summed E-state index contributed by atoms with van der Waals surface area (Å²) in [5, 5.41) is 11.0. The first kappa shape index (κ1) is 30.0. The molecule has 0 saturated carbocycles. The lowest BCUT2D eigenvalue weighted by molar-refractivity contribution is -0.389. The number of aryl methyl sites for hydroxylation is 1. The van der Waals surface area contributed by atoms with E-state index in [9.17, 15) is 23.3 Å². The SMILES string of the molecule is O=[N+]([O-])c1cn2c(n1)O[C@@H](COc1ccc(N3CC=C(Cc4ccc(OCc5ccc(C(F)(F)F)cc5)cc4)CC3)cc1)CC2. The van der Waals surface area contributed by atoms with E-state index in [1.165, 1.54) is 29.5 Å². The van der Waals surface area contributed by atoms with Crippen LogP contribution in [-0.2, 0) is 25.7 Å². The third kappa shape index (κ3) is 7.57. The molecule has 6 rings (SSSR count). The van der Waals surface area contributed by atoms with Gasteiger partial charge in [0.1, 0.15) is 37.0 Å². The van der Waals surface area contributed by atoms with Crippen LogP contribution in [0.5, 0.6) is 17.5 Å². The second kappa shape index (κ2) is 12.9. The minimum Gasteiger partial charge on any atom is -0.490 e. The van der Waals surface area contributed by atoms with E-state index in [2.05, 4.69) is 16.0 Å². The highest BCUT2D eigenvalue weighted by atomic mass is 19.4. The van der Waals surface area contributed by atoms with E-state index in [1.807, 2.05) is 48.5 Å². The zero-order valence-electron chi connectivity index (χ0n) is 24.3. The van der Waals surface area contributed by atoms with Gasteiger partial charge in [0.05, 0.1) is 5.56 Å². The zero-order valence-corrected chi connectivity index (χ0v) is 24.3. The molecular weight excluding hydrogens is 589 g/mol. The van der Waals surface area contributed by atoms with Crippen molar-refractivity contribution in [2.75, 3.05) is 24.6 Å². The number of benzene rings is 3. The number of nitro groups is 1. The maximum Gasteiger partial charge on any atom is 0.416 e. The zero-order chi connectivity index (χ0) is 31.4. The fourth-order valence-corrected chi connectivity index (χ4v) is 5.31.